The van der Waals surface area contributed by atoms with E-state index in [-0.39, 0.29) is 37.3 Å². The van der Waals surface area contributed by atoms with Gasteiger partial charge in [0.2, 0.25) is 6.79 Å². The van der Waals surface area contributed by atoms with Crippen molar-refractivity contribution in [2.75, 3.05) is 20.4 Å². The number of guanidine groups is 1. The summed E-state index contributed by atoms with van der Waals surface area (Å²) in [4.78, 5) is 4.13. The minimum atomic E-state index is -0.410. The third kappa shape index (κ3) is 5.47. The Labute approximate surface area is 174 Å². The number of halogens is 2. The molecule has 0 spiro atoms. The first-order valence-corrected chi connectivity index (χ1v) is 8.21. The molecule has 0 unspecified atom stereocenters. The Morgan fingerprint density at radius 2 is 2.00 bits per heavy atom. The van der Waals surface area contributed by atoms with E-state index >= 15 is 0 Å². The minimum Gasteiger partial charge on any atom is -0.454 e. The largest absolute Gasteiger partial charge is 0.454 e. The van der Waals surface area contributed by atoms with Crippen molar-refractivity contribution in [1.29, 1.82) is 5.26 Å². The predicted octanol–water partition coefficient (Wildman–Crippen LogP) is 2.95. The van der Waals surface area contributed by atoms with Crippen molar-refractivity contribution in [3.8, 4) is 17.6 Å². The van der Waals surface area contributed by atoms with Gasteiger partial charge in [-0.3, -0.25) is 4.99 Å². The predicted molar refractivity (Wildman–Crippen MR) is 111 cm³/mol. The first-order chi connectivity index (χ1) is 12.7. The maximum atomic E-state index is 13.9. The van der Waals surface area contributed by atoms with Gasteiger partial charge >= 0.3 is 0 Å². The summed E-state index contributed by atoms with van der Waals surface area (Å²) >= 11 is 0. The highest BCUT2D eigenvalue weighted by atomic mass is 127. The lowest BCUT2D eigenvalue weighted by Gasteiger charge is -2.12. The SMILES string of the molecule is CN=C(NCCc1ccc2c(c1)OCO2)NCc1ccc(C#N)cc1F.I. The number of nitriles is 1. The molecule has 2 aromatic rings. The summed E-state index contributed by atoms with van der Waals surface area (Å²) in [5, 5.41) is 15.0. The lowest BCUT2D eigenvalue weighted by Crippen LogP contribution is -2.38. The zero-order valence-electron chi connectivity index (χ0n) is 14.8. The number of rotatable bonds is 5. The highest BCUT2D eigenvalue weighted by Crippen LogP contribution is 2.32. The molecule has 0 aromatic heterocycles. The maximum absolute atomic E-state index is 13.9. The van der Waals surface area contributed by atoms with Crippen molar-refractivity contribution >= 4 is 29.9 Å². The molecule has 0 fully saturated rings. The van der Waals surface area contributed by atoms with E-state index in [1.54, 1.807) is 19.2 Å². The molecule has 2 N–H and O–H groups in total. The molecule has 142 valence electrons. The molecule has 6 nitrogen and oxygen atoms in total. The second-order valence-electron chi connectivity index (χ2n) is 5.71. The molecular formula is C19H20FIN4O2. The van der Waals surface area contributed by atoms with Gasteiger partial charge in [-0.15, -0.1) is 24.0 Å². The monoisotopic (exact) mass is 482 g/mol. The van der Waals surface area contributed by atoms with E-state index in [4.69, 9.17) is 14.7 Å². The molecule has 0 radical (unpaired) electrons. The molecule has 1 aliphatic heterocycles. The molecule has 1 aliphatic rings. The van der Waals surface area contributed by atoms with Crippen molar-refractivity contribution in [3.05, 3.63) is 58.9 Å². The molecule has 3 rings (SSSR count). The van der Waals surface area contributed by atoms with Crippen LogP contribution in [0.25, 0.3) is 0 Å². The van der Waals surface area contributed by atoms with E-state index in [9.17, 15) is 4.39 Å². The Hall–Kier alpha value is -2.54. The highest BCUT2D eigenvalue weighted by molar-refractivity contribution is 14.0. The summed E-state index contributed by atoms with van der Waals surface area (Å²) in [6.07, 6.45) is 0.780. The average Bonchev–Trinajstić information content (AvgIpc) is 3.13. The van der Waals surface area contributed by atoms with E-state index in [1.807, 2.05) is 24.3 Å². The number of ether oxygens (including phenoxy) is 2. The fraction of sp³-hybridized carbons (Fsp3) is 0.263. The van der Waals surface area contributed by atoms with Gasteiger partial charge in [0.05, 0.1) is 11.6 Å². The van der Waals surface area contributed by atoms with E-state index in [1.165, 1.54) is 6.07 Å². The minimum absolute atomic E-state index is 0. The van der Waals surface area contributed by atoms with Crippen LogP contribution in [0.1, 0.15) is 16.7 Å². The van der Waals surface area contributed by atoms with Gasteiger partial charge in [0, 0.05) is 25.7 Å². The number of aliphatic imine (C=N–C) groups is 1. The topological polar surface area (TPSA) is 78.7 Å². The van der Waals surface area contributed by atoms with Crippen LogP contribution in [0.2, 0.25) is 0 Å². The van der Waals surface area contributed by atoms with Crippen molar-refractivity contribution in [2.24, 2.45) is 4.99 Å². The van der Waals surface area contributed by atoms with Crippen LogP contribution in [-0.2, 0) is 13.0 Å². The first kappa shape index (κ1) is 20.8. The van der Waals surface area contributed by atoms with Gasteiger partial charge in [-0.2, -0.15) is 5.26 Å². The van der Waals surface area contributed by atoms with Crippen molar-refractivity contribution in [3.63, 3.8) is 0 Å². The zero-order valence-corrected chi connectivity index (χ0v) is 17.1. The van der Waals surface area contributed by atoms with Gasteiger partial charge in [0.25, 0.3) is 0 Å². The molecule has 27 heavy (non-hydrogen) atoms. The molecule has 0 amide bonds. The third-order valence-corrected chi connectivity index (χ3v) is 4.00. The average molecular weight is 482 g/mol. The Bertz CT molecular complexity index is 867. The van der Waals surface area contributed by atoms with Crippen LogP contribution in [0.4, 0.5) is 4.39 Å². The van der Waals surface area contributed by atoms with Gasteiger partial charge < -0.3 is 20.1 Å². The number of nitrogens with one attached hydrogen (secondary N) is 2. The summed E-state index contributed by atoms with van der Waals surface area (Å²) in [5.74, 6) is 1.70. The second kappa shape index (κ2) is 9.97. The van der Waals surface area contributed by atoms with E-state index < -0.39 is 5.82 Å². The van der Waals surface area contributed by atoms with Crippen LogP contribution in [0.5, 0.6) is 11.5 Å². The summed E-state index contributed by atoms with van der Waals surface area (Å²) < 4.78 is 24.6. The molecule has 8 heteroatoms. The number of benzene rings is 2. The lowest BCUT2D eigenvalue weighted by molar-refractivity contribution is 0.174. The van der Waals surface area contributed by atoms with Crippen LogP contribution in [0.3, 0.4) is 0 Å². The van der Waals surface area contributed by atoms with Crippen molar-refractivity contribution in [1.82, 2.24) is 10.6 Å². The maximum Gasteiger partial charge on any atom is 0.231 e. The fourth-order valence-corrected chi connectivity index (χ4v) is 2.58. The molecule has 1 heterocycles. The number of fused-ring (bicyclic) bond motifs is 1. The molecule has 0 saturated carbocycles. The van der Waals surface area contributed by atoms with Crippen LogP contribution in [0, 0.1) is 17.1 Å². The molecule has 0 atom stereocenters. The Balaban J connectivity index is 0.00000261. The van der Waals surface area contributed by atoms with Crippen molar-refractivity contribution in [2.45, 2.75) is 13.0 Å². The number of nitrogens with zero attached hydrogens (tertiary/aromatic N) is 2. The summed E-state index contributed by atoms with van der Waals surface area (Å²) in [7, 11) is 1.66. The van der Waals surface area contributed by atoms with Crippen LogP contribution in [0.15, 0.2) is 41.4 Å². The van der Waals surface area contributed by atoms with Gasteiger partial charge in [-0.1, -0.05) is 12.1 Å². The summed E-state index contributed by atoms with van der Waals surface area (Å²) in [5.41, 5.74) is 1.90. The first-order valence-electron chi connectivity index (χ1n) is 8.21. The van der Waals surface area contributed by atoms with Crippen LogP contribution in [-0.4, -0.2) is 26.3 Å². The second-order valence-corrected chi connectivity index (χ2v) is 5.71. The normalized spacial score (nSPS) is 12.1. The number of hydrogen-bond acceptors (Lipinski definition) is 4. The molecular weight excluding hydrogens is 462 g/mol. The van der Waals surface area contributed by atoms with E-state index in [2.05, 4.69) is 15.6 Å². The van der Waals surface area contributed by atoms with Crippen molar-refractivity contribution < 1.29 is 13.9 Å². The van der Waals surface area contributed by atoms with E-state index in [0.717, 1.165) is 23.5 Å². The molecule has 0 saturated heterocycles. The summed E-state index contributed by atoms with van der Waals surface area (Å²) in [6, 6.07) is 12.2. The Morgan fingerprint density at radius 1 is 1.19 bits per heavy atom. The Morgan fingerprint density at radius 3 is 2.74 bits per heavy atom. The molecule has 2 aromatic carbocycles. The van der Waals surface area contributed by atoms with Gasteiger partial charge in [-0.05, 0) is 36.2 Å². The Kier molecular flexibility index (Phi) is 7.67. The van der Waals surface area contributed by atoms with Crippen LogP contribution < -0.4 is 20.1 Å². The quantitative estimate of drug-likeness (QED) is 0.390. The highest BCUT2D eigenvalue weighted by Gasteiger charge is 2.13. The lowest BCUT2D eigenvalue weighted by atomic mass is 10.1. The molecule has 0 aliphatic carbocycles. The molecule has 0 bridgehead atoms. The number of hydrogen-bond donors (Lipinski definition) is 2. The van der Waals surface area contributed by atoms with Gasteiger partial charge in [-0.25, -0.2) is 4.39 Å². The summed E-state index contributed by atoms with van der Waals surface area (Å²) in [6.45, 7) is 1.20. The third-order valence-electron chi connectivity index (χ3n) is 4.00. The van der Waals surface area contributed by atoms with Gasteiger partial charge in [0.15, 0.2) is 17.5 Å². The standard InChI is InChI=1S/C19H19FN4O2.HI/c1-22-19(24-11-15-4-2-14(10-21)8-16(15)20)23-7-6-13-3-5-17-18(9-13)26-12-25-17;/h2-5,8-9H,6-7,11-12H2,1H3,(H2,22,23,24);1H. The fourth-order valence-electron chi connectivity index (χ4n) is 2.58. The zero-order chi connectivity index (χ0) is 18.4. The smallest absolute Gasteiger partial charge is 0.231 e. The van der Waals surface area contributed by atoms with Crippen LogP contribution >= 0.6 is 24.0 Å². The van der Waals surface area contributed by atoms with E-state index in [0.29, 0.717) is 23.6 Å². The van der Waals surface area contributed by atoms with Gasteiger partial charge in [0.1, 0.15) is 5.82 Å².